The molecule has 3 aromatic heterocycles. The van der Waals surface area contributed by atoms with Gasteiger partial charge < -0.3 is 9.13 Å². The van der Waals surface area contributed by atoms with Crippen LogP contribution < -0.4 is 0 Å². The monoisotopic (exact) mass is 790 g/mol. The van der Waals surface area contributed by atoms with Gasteiger partial charge in [-0.15, -0.1) is 0 Å². The molecule has 0 amide bonds. The fraction of sp³-hybridized carbons (Fsp3) is 0. The Bertz CT molecular complexity index is 3510. The Morgan fingerprint density at radius 3 is 1.40 bits per heavy atom. The maximum absolute atomic E-state index is 5.10. The van der Waals surface area contributed by atoms with Crippen LogP contribution in [0.3, 0.4) is 0 Å². The Balaban J connectivity index is 0.958. The van der Waals surface area contributed by atoms with Crippen LogP contribution in [-0.4, -0.2) is 19.1 Å². The third kappa shape index (κ3) is 6.00. The van der Waals surface area contributed by atoms with Crippen LogP contribution in [0.4, 0.5) is 0 Å². The minimum absolute atomic E-state index is 0.698. The molecule has 0 bridgehead atoms. The summed E-state index contributed by atoms with van der Waals surface area (Å²) in [6.45, 7) is 0. The molecule has 0 saturated carbocycles. The Kier molecular flexibility index (Phi) is 8.46. The van der Waals surface area contributed by atoms with Crippen LogP contribution in [0, 0.1) is 0 Å². The number of para-hydroxylation sites is 4. The fourth-order valence-corrected chi connectivity index (χ4v) is 9.26. The van der Waals surface area contributed by atoms with E-state index in [-0.39, 0.29) is 0 Å². The van der Waals surface area contributed by atoms with Crippen molar-refractivity contribution in [2.24, 2.45) is 0 Å². The second kappa shape index (κ2) is 14.7. The third-order valence-corrected chi connectivity index (χ3v) is 12.1. The molecule has 0 atom stereocenters. The van der Waals surface area contributed by atoms with Crippen molar-refractivity contribution in [1.29, 1.82) is 0 Å². The van der Waals surface area contributed by atoms with Crippen LogP contribution >= 0.6 is 0 Å². The first-order chi connectivity index (χ1) is 30.7. The van der Waals surface area contributed by atoms with Gasteiger partial charge in [-0.1, -0.05) is 176 Å². The molecule has 0 saturated heterocycles. The van der Waals surface area contributed by atoms with E-state index in [9.17, 15) is 0 Å². The number of nitrogens with zero attached hydrogens (tertiary/aromatic N) is 4. The Hall–Kier alpha value is -8.34. The number of benzene rings is 9. The number of hydrogen-bond donors (Lipinski definition) is 0. The highest BCUT2D eigenvalue weighted by atomic mass is 15.0. The van der Waals surface area contributed by atoms with E-state index in [1.165, 1.54) is 54.7 Å². The van der Waals surface area contributed by atoms with Gasteiger partial charge in [-0.25, -0.2) is 9.97 Å². The standard InChI is InChI=1S/C58H38N4/c1-3-16-40(17-4-1)52-38-53(41-18-5-2-6-19-41)60-58(59-52)44-22-13-20-42(36-44)39-32-34-45(35-33-39)62-56-31-12-9-26-50(56)51-28-15-27-47(57(51)62)43-21-14-23-46(37-43)61-54-29-10-7-24-48(54)49-25-8-11-30-55(49)61/h1-38H. The van der Waals surface area contributed by atoms with Crippen LogP contribution in [0.15, 0.2) is 231 Å². The summed E-state index contributed by atoms with van der Waals surface area (Å²) in [6, 6.07) is 82.2. The predicted molar refractivity (Wildman–Crippen MR) is 258 cm³/mol. The van der Waals surface area contributed by atoms with Gasteiger partial charge in [0.05, 0.1) is 33.5 Å². The van der Waals surface area contributed by atoms with Crippen molar-refractivity contribution in [3.05, 3.63) is 231 Å². The average molecular weight is 791 g/mol. The maximum atomic E-state index is 5.10. The lowest BCUT2D eigenvalue weighted by molar-refractivity contribution is 1.17. The molecule has 12 aromatic rings. The van der Waals surface area contributed by atoms with Crippen LogP contribution in [0.2, 0.25) is 0 Å². The van der Waals surface area contributed by atoms with Crippen molar-refractivity contribution in [3.63, 3.8) is 0 Å². The van der Waals surface area contributed by atoms with E-state index in [4.69, 9.17) is 9.97 Å². The topological polar surface area (TPSA) is 35.6 Å². The van der Waals surface area contributed by atoms with Crippen molar-refractivity contribution in [3.8, 4) is 67.5 Å². The van der Waals surface area contributed by atoms with Gasteiger partial charge >= 0.3 is 0 Å². The van der Waals surface area contributed by atoms with Gasteiger partial charge in [0.2, 0.25) is 0 Å². The second-order valence-corrected chi connectivity index (χ2v) is 15.8. The van der Waals surface area contributed by atoms with E-state index in [2.05, 4.69) is 228 Å². The summed E-state index contributed by atoms with van der Waals surface area (Å²) in [6.07, 6.45) is 0. The lowest BCUT2D eigenvalue weighted by Gasteiger charge is -2.14. The molecule has 290 valence electrons. The lowest BCUT2D eigenvalue weighted by Crippen LogP contribution is -1.97. The van der Waals surface area contributed by atoms with E-state index in [0.29, 0.717) is 5.82 Å². The first-order valence-corrected chi connectivity index (χ1v) is 21.1. The van der Waals surface area contributed by atoms with E-state index in [1.807, 2.05) is 12.1 Å². The zero-order chi connectivity index (χ0) is 41.0. The number of rotatable bonds is 7. The van der Waals surface area contributed by atoms with Gasteiger partial charge in [0.15, 0.2) is 5.82 Å². The molecule has 9 aromatic carbocycles. The highest BCUT2D eigenvalue weighted by molar-refractivity contribution is 6.14. The Morgan fingerprint density at radius 2 is 0.758 bits per heavy atom. The molecule has 3 heterocycles. The minimum atomic E-state index is 0.698. The molecule has 4 heteroatoms. The zero-order valence-corrected chi connectivity index (χ0v) is 33.7. The van der Waals surface area contributed by atoms with Crippen molar-refractivity contribution >= 4 is 43.6 Å². The first-order valence-electron chi connectivity index (χ1n) is 21.1. The first kappa shape index (κ1) is 35.6. The van der Waals surface area contributed by atoms with Gasteiger partial charge in [-0.2, -0.15) is 0 Å². The molecule has 0 radical (unpaired) electrons. The Labute approximate surface area is 359 Å². The van der Waals surface area contributed by atoms with Crippen molar-refractivity contribution in [1.82, 2.24) is 19.1 Å². The van der Waals surface area contributed by atoms with Crippen LogP contribution in [0.5, 0.6) is 0 Å². The van der Waals surface area contributed by atoms with E-state index >= 15 is 0 Å². The highest BCUT2D eigenvalue weighted by Crippen LogP contribution is 2.40. The molecule has 62 heavy (non-hydrogen) atoms. The lowest BCUT2D eigenvalue weighted by atomic mass is 10.0. The van der Waals surface area contributed by atoms with E-state index < -0.39 is 0 Å². The maximum Gasteiger partial charge on any atom is 0.160 e. The molecule has 4 nitrogen and oxygen atoms in total. The van der Waals surface area contributed by atoms with E-state index in [0.717, 1.165) is 50.6 Å². The van der Waals surface area contributed by atoms with Crippen molar-refractivity contribution in [2.75, 3.05) is 0 Å². The van der Waals surface area contributed by atoms with Gasteiger partial charge in [0.1, 0.15) is 0 Å². The zero-order valence-electron chi connectivity index (χ0n) is 33.7. The summed E-state index contributed by atoms with van der Waals surface area (Å²) < 4.78 is 4.83. The summed E-state index contributed by atoms with van der Waals surface area (Å²) in [4.78, 5) is 10.2. The summed E-state index contributed by atoms with van der Waals surface area (Å²) in [5.41, 5.74) is 16.5. The number of aromatic nitrogens is 4. The van der Waals surface area contributed by atoms with Gasteiger partial charge in [-0.05, 0) is 71.3 Å². The molecule has 0 aliphatic carbocycles. The molecule has 0 aliphatic rings. The number of hydrogen-bond acceptors (Lipinski definition) is 2. The fourth-order valence-electron chi connectivity index (χ4n) is 9.26. The average Bonchev–Trinajstić information content (AvgIpc) is 3.88. The Morgan fingerprint density at radius 1 is 0.274 bits per heavy atom. The number of fused-ring (bicyclic) bond motifs is 6. The summed E-state index contributed by atoms with van der Waals surface area (Å²) in [5.74, 6) is 0.698. The molecule has 0 aliphatic heterocycles. The van der Waals surface area contributed by atoms with Crippen molar-refractivity contribution < 1.29 is 0 Å². The van der Waals surface area contributed by atoms with E-state index in [1.54, 1.807) is 0 Å². The summed E-state index contributed by atoms with van der Waals surface area (Å²) in [5, 5.41) is 4.97. The third-order valence-electron chi connectivity index (χ3n) is 12.1. The van der Waals surface area contributed by atoms with Crippen molar-refractivity contribution in [2.45, 2.75) is 0 Å². The summed E-state index contributed by atoms with van der Waals surface area (Å²) in [7, 11) is 0. The molecule has 12 rings (SSSR count). The van der Waals surface area contributed by atoms with Gasteiger partial charge in [-0.3, -0.25) is 0 Å². The normalized spacial score (nSPS) is 11.5. The molecule has 0 spiro atoms. The smallest absolute Gasteiger partial charge is 0.160 e. The summed E-state index contributed by atoms with van der Waals surface area (Å²) >= 11 is 0. The largest absolute Gasteiger partial charge is 0.309 e. The van der Waals surface area contributed by atoms with Crippen LogP contribution in [0.25, 0.3) is 111 Å². The predicted octanol–water partition coefficient (Wildman–Crippen LogP) is 15.0. The molecular weight excluding hydrogens is 753 g/mol. The van der Waals surface area contributed by atoms with Crippen LogP contribution in [0.1, 0.15) is 0 Å². The van der Waals surface area contributed by atoms with Gasteiger partial charge in [0, 0.05) is 55.2 Å². The quantitative estimate of drug-likeness (QED) is 0.161. The molecule has 0 N–H and O–H groups in total. The second-order valence-electron chi connectivity index (χ2n) is 15.8. The highest BCUT2D eigenvalue weighted by Gasteiger charge is 2.18. The van der Waals surface area contributed by atoms with Crippen LogP contribution in [-0.2, 0) is 0 Å². The molecule has 0 unspecified atom stereocenters. The minimum Gasteiger partial charge on any atom is -0.309 e. The molecular formula is C58H38N4. The SMILES string of the molecule is c1ccc(-c2cc(-c3ccccc3)nc(-c3cccc(-c4ccc(-n5c6ccccc6c6cccc(-c7cccc(-n8c9ccccc9c9ccccc98)c7)c65)cc4)c3)n2)cc1. The molecule has 0 fully saturated rings. The van der Waals surface area contributed by atoms with Gasteiger partial charge in [0.25, 0.3) is 0 Å².